The van der Waals surface area contributed by atoms with Gasteiger partial charge in [0.05, 0.1) is 16.5 Å². The fourth-order valence-electron chi connectivity index (χ4n) is 3.85. The quantitative estimate of drug-likeness (QED) is 0.352. The molecule has 33 heavy (non-hydrogen) atoms. The number of nitrogens with zero attached hydrogens (tertiary/aromatic N) is 1. The first-order valence-electron chi connectivity index (χ1n) is 10.3. The van der Waals surface area contributed by atoms with Gasteiger partial charge in [-0.05, 0) is 31.2 Å². The summed E-state index contributed by atoms with van der Waals surface area (Å²) in [6.45, 7) is 1.38. The van der Waals surface area contributed by atoms with Gasteiger partial charge in [-0.25, -0.2) is 4.79 Å². The van der Waals surface area contributed by atoms with Crippen molar-refractivity contribution in [1.29, 1.82) is 0 Å². The number of rotatable bonds is 4. The summed E-state index contributed by atoms with van der Waals surface area (Å²) in [5, 5.41) is 0.244. The Morgan fingerprint density at radius 1 is 0.818 bits per heavy atom. The van der Waals surface area contributed by atoms with E-state index < -0.39 is 29.3 Å². The number of amides is 2. The van der Waals surface area contributed by atoms with Gasteiger partial charge >= 0.3 is 5.97 Å². The lowest BCUT2D eigenvalue weighted by atomic mass is 10.1. The summed E-state index contributed by atoms with van der Waals surface area (Å²) in [5.74, 6) is -2.32. The zero-order valence-electron chi connectivity index (χ0n) is 17.5. The molecule has 7 nitrogen and oxygen atoms in total. The molecule has 0 saturated heterocycles. The Bertz CT molecular complexity index is 1450. The van der Waals surface area contributed by atoms with Gasteiger partial charge in [-0.15, -0.1) is 0 Å². The normalized spacial score (nSPS) is 13.8. The molecule has 1 aromatic heterocycles. The van der Waals surface area contributed by atoms with Crippen LogP contribution in [-0.4, -0.2) is 28.7 Å². The highest BCUT2D eigenvalue weighted by molar-refractivity contribution is 6.22. The molecule has 0 N–H and O–H groups in total. The van der Waals surface area contributed by atoms with Crippen molar-refractivity contribution in [2.75, 3.05) is 0 Å². The molecule has 0 radical (unpaired) electrons. The Morgan fingerprint density at radius 2 is 1.39 bits per heavy atom. The van der Waals surface area contributed by atoms with E-state index in [9.17, 15) is 19.2 Å². The molecule has 1 aliphatic heterocycles. The lowest BCUT2D eigenvalue weighted by Crippen LogP contribution is -2.45. The smallest absolute Gasteiger partial charge is 0.334 e. The van der Waals surface area contributed by atoms with Gasteiger partial charge in [0.15, 0.2) is 5.76 Å². The summed E-state index contributed by atoms with van der Waals surface area (Å²) < 4.78 is 11.5. The van der Waals surface area contributed by atoms with E-state index in [1.165, 1.54) is 19.1 Å². The van der Waals surface area contributed by atoms with Crippen LogP contribution in [0.15, 0.2) is 88.1 Å². The van der Waals surface area contributed by atoms with E-state index in [0.717, 1.165) is 4.90 Å². The molecule has 5 rings (SSSR count). The molecule has 3 aromatic carbocycles. The second kappa shape index (κ2) is 7.87. The Hall–Kier alpha value is -4.52. The number of carbonyl (C=O) groups excluding carboxylic acids is 3. The Labute approximate surface area is 187 Å². The predicted molar refractivity (Wildman–Crippen MR) is 120 cm³/mol. The van der Waals surface area contributed by atoms with Gasteiger partial charge < -0.3 is 9.15 Å². The first-order chi connectivity index (χ1) is 16.0. The maximum atomic E-state index is 13.2. The Morgan fingerprint density at radius 3 is 2.06 bits per heavy atom. The van der Waals surface area contributed by atoms with Crippen molar-refractivity contribution >= 4 is 28.8 Å². The summed E-state index contributed by atoms with van der Waals surface area (Å²) in [7, 11) is 0. The number of para-hydroxylation sites is 1. The molecule has 0 aliphatic carbocycles. The van der Waals surface area contributed by atoms with E-state index >= 15 is 0 Å². The monoisotopic (exact) mass is 439 g/mol. The van der Waals surface area contributed by atoms with Crippen LogP contribution in [0.1, 0.15) is 27.6 Å². The maximum Gasteiger partial charge on any atom is 0.334 e. The number of imide groups is 1. The summed E-state index contributed by atoms with van der Waals surface area (Å²) in [5.41, 5.74) is 0.791. The summed E-state index contributed by atoms with van der Waals surface area (Å²) >= 11 is 0. The number of fused-ring (bicyclic) bond motifs is 2. The van der Waals surface area contributed by atoms with Crippen LogP contribution >= 0.6 is 0 Å². The van der Waals surface area contributed by atoms with Gasteiger partial charge in [0, 0.05) is 5.56 Å². The van der Waals surface area contributed by atoms with E-state index in [2.05, 4.69) is 0 Å². The van der Waals surface area contributed by atoms with Crippen LogP contribution in [0.3, 0.4) is 0 Å². The second-order valence-electron chi connectivity index (χ2n) is 7.57. The van der Waals surface area contributed by atoms with Crippen LogP contribution in [0.25, 0.3) is 22.3 Å². The molecule has 4 aromatic rings. The molecular weight excluding hydrogens is 422 g/mol. The second-order valence-corrected chi connectivity index (χ2v) is 7.57. The van der Waals surface area contributed by atoms with Gasteiger partial charge in [-0.1, -0.05) is 54.6 Å². The number of hydrogen-bond donors (Lipinski definition) is 0. The van der Waals surface area contributed by atoms with E-state index in [0.29, 0.717) is 11.1 Å². The van der Waals surface area contributed by atoms with Gasteiger partial charge in [-0.2, -0.15) is 0 Å². The van der Waals surface area contributed by atoms with Crippen LogP contribution in [0.4, 0.5) is 0 Å². The number of hydrogen-bond acceptors (Lipinski definition) is 6. The van der Waals surface area contributed by atoms with E-state index in [4.69, 9.17) is 9.15 Å². The average Bonchev–Trinajstić information content (AvgIpc) is 3.10. The molecule has 0 bridgehead atoms. The van der Waals surface area contributed by atoms with Gasteiger partial charge in [-0.3, -0.25) is 19.3 Å². The van der Waals surface area contributed by atoms with Crippen LogP contribution in [-0.2, 0) is 4.79 Å². The predicted octanol–water partition coefficient (Wildman–Crippen LogP) is 4.05. The van der Waals surface area contributed by atoms with Gasteiger partial charge in [0.2, 0.25) is 11.2 Å². The maximum absolute atomic E-state index is 13.2. The fraction of sp³-hybridized carbons (Fsp3) is 0.0769. The highest BCUT2D eigenvalue weighted by Crippen LogP contribution is 2.32. The minimum Gasteiger partial charge on any atom is -0.452 e. The van der Waals surface area contributed by atoms with Crippen molar-refractivity contribution in [3.63, 3.8) is 0 Å². The fourth-order valence-corrected chi connectivity index (χ4v) is 3.85. The third kappa shape index (κ3) is 3.30. The molecule has 7 heteroatoms. The van der Waals surface area contributed by atoms with Gasteiger partial charge in [0.25, 0.3) is 11.8 Å². The third-order valence-electron chi connectivity index (χ3n) is 5.55. The Balaban J connectivity index is 1.55. The van der Waals surface area contributed by atoms with Crippen molar-refractivity contribution in [3.8, 4) is 17.1 Å². The van der Waals surface area contributed by atoms with Crippen molar-refractivity contribution in [1.82, 2.24) is 4.90 Å². The number of esters is 1. The number of ether oxygens (including phenoxy) is 1. The molecule has 0 spiro atoms. The highest BCUT2D eigenvalue weighted by atomic mass is 16.5. The summed E-state index contributed by atoms with van der Waals surface area (Å²) in [6, 6.07) is 20.5. The molecule has 1 atom stereocenters. The van der Waals surface area contributed by atoms with Crippen molar-refractivity contribution in [2.45, 2.75) is 13.0 Å². The zero-order chi connectivity index (χ0) is 23.1. The van der Waals surface area contributed by atoms with Crippen molar-refractivity contribution in [2.24, 2.45) is 0 Å². The minimum atomic E-state index is -1.26. The van der Waals surface area contributed by atoms with E-state index in [-0.39, 0.29) is 28.0 Å². The Kier molecular flexibility index (Phi) is 4.86. The highest BCUT2D eigenvalue weighted by Gasteiger charge is 2.41. The number of carbonyl (C=O) groups is 3. The zero-order valence-corrected chi connectivity index (χ0v) is 17.5. The lowest BCUT2D eigenvalue weighted by molar-refractivity contribution is -0.138. The van der Waals surface area contributed by atoms with Crippen molar-refractivity contribution in [3.05, 3.63) is 100 Å². The molecule has 2 heterocycles. The van der Waals surface area contributed by atoms with Crippen LogP contribution in [0.5, 0.6) is 5.75 Å². The van der Waals surface area contributed by atoms with E-state index in [1.54, 1.807) is 66.7 Å². The molecule has 1 aliphatic rings. The average molecular weight is 439 g/mol. The largest absolute Gasteiger partial charge is 0.452 e. The molecule has 2 amide bonds. The molecular formula is C26H17NO6. The molecule has 0 saturated carbocycles. The lowest BCUT2D eigenvalue weighted by Gasteiger charge is -2.21. The standard InChI is InChI=1S/C26H17NO6/c1-15(27-24(29)17-11-5-6-12-18(17)25(27)30)26(31)33-23-21(28)19-13-7-8-14-20(19)32-22(23)16-9-3-2-4-10-16/h2-15H,1H3/t15-/m0/s1. The molecule has 162 valence electrons. The van der Waals surface area contributed by atoms with E-state index in [1.807, 2.05) is 0 Å². The first kappa shape index (κ1) is 20.4. The van der Waals surface area contributed by atoms with Gasteiger partial charge in [0.1, 0.15) is 11.6 Å². The third-order valence-corrected chi connectivity index (χ3v) is 5.55. The summed E-state index contributed by atoms with van der Waals surface area (Å²) in [6.07, 6.45) is 0. The topological polar surface area (TPSA) is 93.9 Å². The first-order valence-corrected chi connectivity index (χ1v) is 10.3. The molecule has 0 fully saturated rings. The van der Waals surface area contributed by atoms with Crippen LogP contribution in [0.2, 0.25) is 0 Å². The molecule has 0 unspecified atom stereocenters. The SMILES string of the molecule is C[C@@H](C(=O)Oc1c(-c2ccccc2)oc2ccccc2c1=O)N1C(=O)c2ccccc2C1=O. The van der Waals surface area contributed by atoms with Crippen molar-refractivity contribution < 1.29 is 23.5 Å². The van der Waals surface area contributed by atoms with Crippen LogP contribution < -0.4 is 10.2 Å². The minimum absolute atomic E-state index is 0.0854. The van der Waals surface area contributed by atoms with Crippen LogP contribution in [0, 0.1) is 0 Å². The summed E-state index contributed by atoms with van der Waals surface area (Å²) in [4.78, 5) is 52.6. The number of benzene rings is 3.